The van der Waals surface area contributed by atoms with Crippen molar-refractivity contribution < 1.29 is 9.47 Å². The molecule has 0 amide bonds. The van der Waals surface area contributed by atoms with E-state index in [1.165, 1.54) is 21.1 Å². The number of hydrogen-bond acceptors (Lipinski definition) is 8. The Morgan fingerprint density at radius 1 is 0.735 bits per heavy atom. The van der Waals surface area contributed by atoms with Crippen molar-refractivity contribution in [3.8, 4) is 10.0 Å². The zero-order valence-electron chi connectivity index (χ0n) is 18.5. The molecule has 176 valence electrons. The Morgan fingerprint density at radius 2 is 1.15 bits per heavy atom. The molecule has 0 bridgehead atoms. The number of aryl methyl sites for hydroxylation is 2. The molecule has 0 saturated heterocycles. The van der Waals surface area contributed by atoms with Gasteiger partial charge in [-0.25, -0.2) is 0 Å². The Labute approximate surface area is 220 Å². The van der Waals surface area contributed by atoms with Crippen LogP contribution < -0.4 is 0 Å². The number of ether oxygens (including phenoxy) is 2. The molecule has 0 atom stereocenters. The van der Waals surface area contributed by atoms with Gasteiger partial charge in [-0.1, -0.05) is 0 Å². The van der Waals surface area contributed by atoms with Crippen LogP contribution in [0.1, 0.15) is 60.1 Å². The van der Waals surface area contributed by atoms with E-state index < -0.39 is 0 Å². The normalized spacial score (nSPS) is 19.9. The molecule has 2 saturated carbocycles. The van der Waals surface area contributed by atoms with Gasteiger partial charge in [-0.3, -0.25) is 9.13 Å². The largest absolute Gasteiger partial charge is 0.362 e. The Morgan fingerprint density at radius 3 is 1.53 bits per heavy atom. The Bertz CT molecular complexity index is 1340. The molecule has 2 fully saturated rings. The fourth-order valence-electron chi connectivity index (χ4n) is 4.68. The number of fused-ring (bicyclic) bond motifs is 8. The van der Waals surface area contributed by atoms with E-state index in [2.05, 4.69) is 73.5 Å². The molecule has 0 N–H and O–H groups in total. The molecule has 34 heavy (non-hydrogen) atoms. The Kier molecular flexibility index (Phi) is 4.83. The van der Waals surface area contributed by atoms with E-state index in [0.717, 1.165) is 56.6 Å². The van der Waals surface area contributed by atoms with Crippen LogP contribution in [-0.4, -0.2) is 29.5 Å². The lowest BCUT2D eigenvalue weighted by Crippen LogP contribution is -2.14. The van der Waals surface area contributed by atoms with Crippen LogP contribution in [0.2, 0.25) is 0 Å². The minimum Gasteiger partial charge on any atom is -0.362 e. The molecule has 4 aromatic heterocycles. The lowest BCUT2D eigenvalue weighted by atomic mass is 10.3. The topological polar surface area (TPSA) is 79.9 Å². The van der Waals surface area contributed by atoms with E-state index >= 15 is 0 Å². The molecule has 2 spiro atoms. The molecule has 2 aliphatic heterocycles. The first-order valence-electron chi connectivity index (χ1n) is 11.1. The molecule has 0 aromatic carbocycles. The van der Waals surface area contributed by atoms with Gasteiger partial charge in [-0.2, -0.15) is 0 Å². The lowest BCUT2D eigenvalue weighted by molar-refractivity contribution is 0.0136. The van der Waals surface area contributed by atoms with Crippen LogP contribution in [0.15, 0.2) is 19.7 Å². The van der Waals surface area contributed by atoms with Gasteiger partial charge in [0.1, 0.15) is 32.9 Å². The monoisotopic (exact) mass is 622 g/mol. The minimum atomic E-state index is -0.160. The van der Waals surface area contributed by atoms with E-state index in [0.29, 0.717) is 13.2 Å². The quantitative estimate of drug-likeness (QED) is 0.245. The zero-order chi connectivity index (χ0) is 23.2. The molecular formula is C22H20Br2N6O2S2. The van der Waals surface area contributed by atoms with Gasteiger partial charge in [0.15, 0.2) is 11.6 Å². The lowest BCUT2D eigenvalue weighted by Gasteiger charge is -2.11. The zero-order valence-corrected chi connectivity index (χ0v) is 23.3. The van der Waals surface area contributed by atoms with Crippen molar-refractivity contribution >= 4 is 54.5 Å². The highest BCUT2D eigenvalue weighted by Crippen LogP contribution is 2.53. The number of rotatable bonds is 0. The highest BCUT2D eigenvalue weighted by molar-refractivity contribution is 9.11. The smallest absolute Gasteiger partial charge is 0.170 e. The van der Waals surface area contributed by atoms with Crippen LogP contribution in [0.4, 0.5) is 0 Å². The molecule has 0 radical (unpaired) electrons. The van der Waals surface area contributed by atoms with Crippen molar-refractivity contribution in [3.63, 3.8) is 0 Å². The summed E-state index contributed by atoms with van der Waals surface area (Å²) < 4.78 is 18.6. The number of halogens is 2. The fraction of sp³-hybridized carbons (Fsp3) is 0.455. The first-order valence-corrected chi connectivity index (χ1v) is 14.3. The van der Waals surface area contributed by atoms with Crippen molar-refractivity contribution in [2.75, 3.05) is 0 Å². The maximum atomic E-state index is 6.04. The number of thiophene rings is 2. The van der Waals surface area contributed by atoms with Gasteiger partial charge in [0.2, 0.25) is 0 Å². The van der Waals surface area contributed by atoms with Crippen LogP contribution in [0.3, 0.4) is 0 Å². The molecule has 8 rings (SSSR count). The maximum absolute atomic E-state index is 6.04. The van der Waals surface area contributed by atoms with Crippen LogP contribution in [-0.2, 0) is 33.9 Å². The van der Waals surface area contributed by atoms with E-state index in [9.17, 15) is 0 Å². The summed E-state index contributed by atoms with van der Waals surface area (Å²) in [6.45, 7) is 5.32. The summed E-state index contributed by atoms with van der Waals surface area (Å²) in [6, 6.07) is 4.26. The standard InChI is InChI=1S/2C11H10BrN3OS/c2*1-6-13-14-10-11(2-3-11)16-5-7-4-8(12)17-9(7)15(6)10/h2*4H,2-3,5H2,1H3. The van der Waals surface area contributed by atoms with Gasteiger partial charge in [-0.15, -0.1) is 43.1 Å². The third-order valence-electron chi connectivity index (χ3n) is 6.80. The maximum Gasteiger partial charge on any atom is 0.170 e. The van der Waals surface area contributed by atoms with Gasteiger partial charge in [0.05, 0.1) is 20.8 Å². The summed E-state index contributed by atoms with van der Waals surface area (Å²) in [7, 11) is 0. The molecule has 0 unspecified atom stereocenters. The molecular weight excluding hydrogens is 604 g/mol. The van der Waals surface area contributed by atoms with Crippen molar-refractivity contribution in [1.82, 2.24) is 29.5 Å². The van der Waals surface area contributed by atoms with E-state index in [-0.39, 0.29) is 11.2 Å². The predicted octanol–water partition coefficient (Wildman–Crippen LogP) is 5.84. The first-order chi connectivity index (χ1) is 16.4. The number of hydrogen-bond donors (Lipinski definition) is 0. The van der Waals surface area contributed by atoms with Gasteiger partial charge in [-0.05, 0) is 83.5 Å². The van der Waals surface area contributed by atoms with Gasteiger partial charge >= 0.3 is 0 Å². The molecule has 8 nitrogen and oxygen atoms in total. The second-order valence-corrected chi connectivity index (χ2v) is 14.0. The summed E-state index contributed by atoms with van der Waals surface area (Å²) in [4.78, 5) is 0. The van der Waals surface area contributed by atoms with Crippen molar-refractivity contribution in [2.24, 2.45) is 0 Å². The molecule has 4 aromatic rings. The minimum absolute atomic E-state index is 0.160. The van der Waals surface area contributed by atoms with Crippen molar-refractivity contribution in [1.29, 1.82) is 0 Å². The average Bonchev–Trinajstić information content (AvgIpc) is 3.62. The van der Waals surface area contributed by atoms with Gasteiger partial charge in [0, 0.05) is 11.1 Å². The highest BCUT2D eigenvalue weighted by Gasteiger charge is 2.53. The number of aromatic nitrogens is 6. The van der Waals surface area contributed by atoms with Gasteiger partial charge < -0.3 is 9.47 Å². The summed E-state index contributed by atoms with van der Waals surface area (Å²) in [6.07, 6.45) is 4.23. The van der Waals surface area contributed by atoms with Crippen LogP contribution >= 0.6 is 54.5 Å². The summed E-state index contributed by atoms with van der Waals surface area (Å²) in [5, 5.41) is 19.4. The third kappa shape index (κ3) is 3.26. The number of nitrogens with zero attached hydrogens (tertiary/aromatic N) is 6. The fourth-order valence-corrected chi connectivity index (χ4v) is 8.04. The average molecular weight is 624 g/mol. The van der Waals surface area contributed by atoms with E-state index in [1.807, 2.05) is 13.8 Å². The van der Waals surface area contributed by atoms with Crippen LogP contribution in [0.25, 0.3) is 10.0 Å². The van der Waals surface area contributed by atoms with E-state index in [1.54, 1.807) is 22.7 Å². The SMILES string of the molecule is Cc1nnc2n1-c1sc(Br)cc1COC21CC1.Cc1nnc2n1-c1sc(Br)cc1COC21CC1. The second kappa shape index (κ2) is 7.53. The first kappa shape index (κ1) is 21.8. The van der Waals surface area contributed by atoms with Crippen molar-refractivity contribution in [2.45, 2.75) is 63.9 Å². The molecule has 2 aliphatic carbocycles. The molecule has 12 heteroatoms. The second-order valence-electron chi connectivity index (χ2n) is 9.14. The van der Waals surface area contributed by atoms with Crippen LogP contribution in [0, 0.1) is 13.8 Å². The van der Waals surface area contributed by atoms with Crippen molar-refractivity contribution in [3.05, 3.63) is 54.1 Å². The Balaban J connectivity index is 0.000000118. The molecule has 6 heterocycles. The summed E-state index contributed by atoms with van der Waals surface area (Å²) in [5.74, 6) is 3.82. The van der Waals surface area contributed by atoms with Gasteiger partial charge in [0.25, 0.3) is 0 Å². The van der Waals surface area contributed by atoms with E-state index in [4.69, 9.17) is 9.47 Å². The van der Waals surface area contributed by atoms with Crippen LogP contribution in [0.5, 0.6) is 0 Å². The summed E-state index contributed by atoms with van der Waals surface area (Å²) >= 11 is 10.5. The molecule has 4 aliphatic rings. The summed E-state index contributed by atoms with van der Waals surface area (Å²) in [5.41, 5.74) is 2.11. The predicted molar refractivity (Wildman–Crippen MR) is 135 cm³/mol. The Hall–Kier alpha value is -1.44. The highest BCUT2D eigenvalue weighted by atomic mass is 79.9. The third-order valence-corrected chi connectivity index (χ3v) is 10.1.